The average molecular weight is 440 g/mol. The van der Waals surface area contributed by atoms with Crippen molar-refractivity contribution in [3.8, 4) is 5.75 Å². The maximum Gasteiger partial charge on any atom is 0.387 e. The summed E-state index contributed by atoms with van der Waals surface area (Å²) in [5.41, 5.74) is 2.68. The molecule has 0 bridgehead atoms. The molecular weight excluding hydrogens is 418 g/mol. The van der Waals surface area contributed by atoms with Crippen LogP contribution < -0.4 is 15.4 Å². The van der Waals surface area contributed by atoms with Gasteiger partial charge in [0.05, 0.1) is 6.04 Å². The standard InChI is InChI=1S/C23H22F2N4O3/c1-14-6-8-17(9-7-14)15(2)29-22(31)20-11-19(27-13-28-20)21(30)26-12-16-4-3-5-18(10-16)32-23(24)25/h3-11,13,15,23H,12H2,1-2H3,(H,26,30)(H,29,31)/t15-/m0/s1. The number of carbonyl (C=O) groups is 2. The van der Waals surface area contributed by atoms with E-state index in [0.717, 1.165) is 17.5 Å². The number of aryl methyl sites for hydroxylation is 1. The van der Waals surface area contributed by atoms with Crippen LogP contribution in [-0.4, -0.2) is 28.4 Å². The van der Waals surface area contributed by atoms with Crippen molar-refractivity contribution in [2.45, 2.75) is 33.0 Å². The molecule has 1 atom stereocenters. The lowest BCUT2D eigenvalue weighted by molar-refractivity contribution is -0.0498. The predicted octanol–water partition coefficient (Wildman–Crippen LogP) is 3.81. The molecule has 0 aliphatic heterocycles. The molecule has 2 N–H and O–H groups in total. The molecule has 1 aromatic heterocycles. The largest absolute Gasteiger partial charge is 0.435 e. The molecule has 2 amide bonds. The number of nitrogens with zero attached hydrogens (tertiary/aromatic N) is 2. The summed E-state index contributed by atoms with van der Waals surface area (Å²) in [4.78, 5) is 32.9. The molecule has 3 rings (SSSR count). The van der Waals surface area contributed by atoms with Crippen molar-refractivity contribution in [3.63, 3.8) is 0 Å². The van der Waals surface area contributed by atoms with Gasteiger partial charge in [0, 0.05) is 12.6 Å². The molecule has 32 heavy (non-hydrogen) atoms. The molecule has 1 heterocycles. The number of halogens is 2. The summed E-state index contributed by atoms with van der Waals surface area (Å²) in [6.45, 7) is 0.964. The highest BCUT2D eigenvalue weighted by Crippen LogP contribution is 2.16. The predicted molar refractivity (Wildman–Crippen MR) is 113 cm³/mol. The van der Waals surface area contributed by atoms with E-state index in [1.165, 1.54) is 18.2 Å². The van der Waals surface area contributed by atoms with E-state index in [9.17, 15) is 18.4 Å². The van der Waals surface area contributed by atoms with Crippen LogP contribution in [0.15, 0.2) is 60.9 Å². The Bertz CT molecular complexity index is 1090. The summed E-state index contributed by atoms with van der Waals surface area (Å²) in [5.74, 6) is -0.977. The minimum Gasteiger partial charge on any atom is -0.435 e. The fourth-order valence-corrected chi connectivity index (χ4v) is 2.92. The molecule has 7 nitrogen and oxygen atoms in total. The van der Waals surface area contributed by atoms with E-state index >= 15 is 0 Å². The Morgan fingerprint density at radius 2 is 1.69 bits per heavy atom. The molecule has 0 fully saturated rings. The van der Waals surface area contributed by atoms with Crippen molar-refractivity contribution in [3.05, 3.63) is 89.0 Å². The normalized spacial score (nSPS) is 11.7. The zero-order chi connectivity index (χ0) is 23.1. The summed E-state index contributed by atoms with van der Waals surface area (Å²) in [6, 6.07) is 14.8. The highest BCUT2D eigenvalue weighted by molar-refractivity contribution is 5.97. The van der Waals surface area contributed by atoms with Gasteiger partial charge in [-0.1, -0.05) is 42.0 Å². The quantitative estimate of drug-likeness (QED) is 0.556. The lowest BCUT2D eigenvalue weighted by Gasteiger charge is -2.14. The molecular formula is C23H22F2N4O3. The van der Waals surface area contributed by atoms with Gasteiger partial charge < -0.3 is 15.4 Å². The van der Waals surface area contributed by atoms with Gasteiger partial charge >= 0.3 is 6.61 Å². The molecule has 0 radical (unpaired) electrons. The SMILES string of the molecule is Cc1ccc([C@H](C)NC(=O)c2cc(C(=O)NCc3cccc(OC(F)F)c3)ncn2)cc1. The number of amides is 2. The third-order valence-corrected chi connectivity index (χ3v) is 4.63. The van der Waals surface area contributed by atoms with Crippen molar-refractivity contribution >= 4 is 11.8 Å². The monoisotopic (exact) mass is 440 g/mol. The van der Waals surface area contributed by atoms with Gasteiger partial charge in [-0.15, -0.1) is 0 Å². The van der Waals surface area contributed by atoms with E-state index in [1.807, 2.05) is 38.1 Å². The van der Waals surface area contributed by atoms with Crippen LogP contribution in [-0.2, 0) is 6.54 Å². The lowest BCUT2D eigenvalue weighted by atomic mass is 10.1. The number of benzene rings is 2. The number of hydrogen-bond donors (Lipinski definition) is 2. The lowest BCUT2D eigenvalue weighted by Crippen LogP contribution is -2.29. The molecule has 0 aliphatic carbocycles. The smallest absolute Gasteiger partial charge is 0.387 e. The van der Waals surface area contributed by atoms with E-state index in [4.69, 9.17) is 0 Å². The Morgan fingerprint density at radius 3 is 2.38 bits per heavy atom. The Kier molecular flexibility index (Phi) is 7.43. The Labute approximate surface area is 183 Å². The summed E-state index contributed by atoms with van der Waals surface area (Å²) in [7, 11) is 0. The number of hydrogen-bond acceptors (Lipinski definition) is 5. The fourth-order valence-electron chi connectivity index (χ4n) is 2.92. The number of aromatic nitrogens is 2. The van der Waals surface area contributed by atoms with Crippen LogP contribution >= 0.6 is 0 Å². The first-order valence-corrected chi connectivity index (χ1v) is 9.83. The van der Waals surface area contributed by atoms with Gasteiger partial charge in [0.2, 0.25) is 0 Å². The van der Waals surface area contributed by atoms with Gasteiger partial charge in [0.25, 0.3) is 11.8 Å². The van der Waals surface area contributed by atoms with Crippen LogP contribution in [0.3, 0.4) is 0 Å². The van der Waals surface area contributed by atoms with Gasteiger partial charge in [0.1, 0.15) is 23.5 Å². The topological polar surface area (TPSA) is 93.2 Å². The third-order valence-electron chi connectivity index (χ3n) is 4.63. The van der Waals surface area contributed by atoms with Crippen LogP contribution in [0.2, 0.25) is 0 Å². The Morgan fingerprint density at radius 1 is 1.00 bits per heavy atom. The maximum absolute atomic E-state index is 12.6. The van der Waals surface area contributed by atoms with Crippen LogP contribution in [0.1, 0.15) is 50.6 Å². The first-order chi connectivity index (χ1) is 15.3. The van der Waals surface area contributed by atoms with Gasteiger partial charge in [-0.3, -0.25) is 9.59 Å². The molecule has 9 heteroatoms. The zero-order valence-electron chi connectivity index (χ0n) is 17.5. The van der Waals surface area contributed by atoms with Gasteiger partial charge in [0.15, 0.2) is 0 Å². The van der Waals surface area contributed by atoms with E-state index in [-0.39, 0.29) is 29.7 Å². The maximum atomic E-state index is 12.6. The van der Waals surface area contributed by atoms with Crippen molar-refractivity contribution in [1.29, 1.82) is 0 Å². The molecule has 3 aromatic rings. The van der Waals surface area contributed by atoms with E-state index in [1.54, 1.807) is 12.1 Å². The molecule has 0 spiro atoms. The number of rotatable bonds is 8. The van der Waals surface area contributed by atoms with Crippen molar-refractivity contribution < 1.29 is 23.1 Å². The van der Waals surface area contributed by atoms with Gasteiger partial charge in [-0.2, -0.15) is 8.78 Å². The highest BCUT2D eigenvalue weighted by atomic mass is 19.3. The van der Waals surface area contributed by atoms with E-state index < -0.39 is 18.4 Å². The second-order valence-corrected chi connectivity index (χ2v) is 7.10. The highest BCUT2D eigenvalue weighted by Gasteiger charge is 2.16. The minimum absolute atomic E-state index is 0.00422. The number of nitrogens with one attached hydrogen (secondary N) is 2. The van der Waals surface area contributed by atoms with E-state index in [0.29, 0.717) is 5.56 Å². The van der Waals surface area contributed by atoms with Gasteiger partial charge in [-0.25, -0.2) is 9.97 Å². The molecule has 0 aliphatic rings. The van der Waals surface area contributed by atoms with Crippen molar-refractivity contribution in [1.82, 2.24) is 20.6 Å². The summed E-state index contributed by atoms with van der Waals surface area (Å²) in [5, 5.41) is 5.47. The fraction of sp³-hybridized carbons (Fsp3) is 0.217. The number of ether oxygens (including phenoxy) is 1. The molecule has 0 saturated heterocycles. The Balaban J connectivity index is 1.61. The summed E-state index contributed by atoms with van der Waals surface area (Å²) < 4.78 is 29.0. The average Bonchev–Trinajstić information content (AvgIpc) is 2.77. The minimum atomic E-state index is -2.93. The molecule has 2 aromatic carbocycles. The van der Waals surface area contributed by atoms with Crippen LogP contribution in [0.4, 0.5) is 8.78 Å². The van der Waals surface area contributed by atoms with Gasteiger partial charge in [-0.05, 0) is 37.1 Å². The second-order valence-electron chi connectivity index (χ2n) is 7.10. The zero-order valence-corrected chi connectivity index (χ0v) is 17.5. The molecule has 166 valence electrons. The number of alkyl halides is 2. The number of carbonyl (C=O) groups excluding carboxylic acids is 2. The first-order valence-electron chi connectivity index (χ1n) is 9.83. The third kappa shape index (κ3) is 6.31. The molecule has 0 saturated carbocycles. The van der Waals surface area contributed by atoms with Crippen molar-refractivity contribution in [2.75, 3.05) is 0 Å². The molecule has 0 unspecified atom stereocenters. The van der Waals surface area contributed by atoms with Crippen LogP contribution in [0, 0.1) is 6.92 Å². The first kappa shape index (κ1) is 22.8. The summed E-state index contributed by atoms with van der Waals surface area (Å²) >= 11 is 0. The summed E-state index contributed by atoms with van der Waals surface area (Å²) in [6.07, 6.45) is 1.14. The van der Waals surface area contributed by atoms with E-state index in [2.05, 4.69) is 25.3 Å². The van der Waals surface area contributed by atoms with Crippen LogP contribution in [0.5, 0.6) is 5.75 Å². The van der Waals surface area contributed by atoms with Crippen molar-refractivity contribution in [2.24, 2.45) is 0 Å². The Hall–Kier alpha value is -3.88. The van der Waals surface area contributed by atoms with Crippen LogP contribution in [0.25, 0.3) is 0 Å². The second kappa shape index (κ2) is 10.4.